The van der Waals surface area contributed by atoms with Crippen molar-refractivity contribution in [2.45, 2.75) is 32.6 Å². The maximum atomic E-state index is 11.1. The molecule has 0 rings (SSSR count). The zero-order chi connectivity index (χ0) is 13.3. The van der Waals surface area contributed by atoms with E-state index in [1.54, 1.807) is 0 Å². The third-order valence-electron chi connectivity index (χ3n) is 2.53. The molecule has 17 heavy (non-hydrogen) atoms. The number of unbranched alkanes of at least 4 members (excludes halogenated alkanes) is 2. The average Bonchev–Trinajstić information content (AvgIpc) is 2.34. The van der Waals surface area contributed by atoms with Gasteiger partial charge in [-0.3, -0.25) is 0 Å². The van der Waals surface area contributed by atoms with Gasteiger partial charge in [0.05, 0.1) is 0 Å². The van der Waals surface area contributed by atoms with Crippen LogP contribution >= 0.6 is 0 Å². The van der Waals surface area contributed by atoms with Gasteiger partial charge in [0.25, 0.3) is 0 Å². The highest BCUT2D eigenvalue weighted by atomic mass is 28.4. The van der Waals surface area contributed by atoms with Crippen LogP contribution in [0.2, 0.25) is 0 Å². The van der Waals surface area contributed by atoms with Crippen LogP contribution in [0.15, 0.2) is 11.3 Å². The van der Waals surface area contributed by atoms with E-state index in [1.165, 1.54) is 27.0 Å². The molecule has 0 saturated heterocycles. The van der Waals surface area contributed by atoms with Crippen molar-refractivity contribution in [1.82, 2.24) is 0 Å². The smallest absolute Gasteiger partial charge is 0.478 e. The molecule has 100 valence electrons. The molecule has 1 N–H and O–H groups in total. The number of aliphatic carboxylic acids is 1. The molecule has 0 aromatic carbocycles. The summed E-state index contributed by atoms with van der Waals surface area (Å²) in [5.41, 5.74) is 1.81. The van der Waals surface area contributed by atoms with Gasteiger partial charge in [0.1, 0.15) is 0 Å². The van der Waals surface area contributed by atoms with Crippen molar-refractivity contribution >= 4 is 14.8 Å². The fourth-order valence-electron chi connectivity index (χ4n) is 1.45. The van der Waals surface area contributed by atoms with Gasteiger partial charge in [0.2, 0.25) is 0 Å². The lowest BCUT2D eigenvalue weighted by Crippen LogP contribution is -2.41. The van der Waals surface area contributed by atoms with Crippen molar-refractivity contribution in [2.75, 3.05) is 21.3 Å². The Morgan fingerprint density at radius 1 is 1.18 bits per heavy atom. The van der Waals surface area contributed by atoms with Crippen molar-refractivity contribution in [1.29, 1.82) is 0 Å². The van der Waals surface area contributed by atoms with Crippen molar-refractivity contribution in [2.24, 2.45) is 0 Å². The Morgan fingerprint density at radius 3 is 2.06 bits per heavy atom. The van der Waals surface area contributed by atoms with Crippen LogP contribution in [-0.2, 0) is 18.1 Å². The Balaban J connectivity index is 4.82. The first kappa shape index (κ1) is 16.3. The number of carbonyl (C=O) groups is 1. The number of rotatable bonds is 9. The minimum absolute atomic E-state index is 0.302. The molecule has 0 fully saturated rings. The average molecular weight is 262 g/mol. The van der Waals surface area contributed by atoms with Gasteiger partial charge < -0.3 is 18.4 Å². The van der Waals surface area contributed by atoms with Crippen LogP contribution in [0.3, 0.4) is 0 Å². The minimum atomic E-state index is -2.95. The van der Waals surface area contributed by atoms with E-state index < -0.39 is 14.8 Å². The molecular formula is C11H22O5Si. The second-order valence-corrected chi connectivity index (χ2v) is 6.37. The molecule has 0 bridgehead atoms. The molecule has 0 aromatic rings. The number of carboxylic acids is 1. The Kier molecular flexibility index (Phi) is 8.06. The van der Waals surface area contributed by atoms with E-state index >= 15 is 0 Å². The third kappa shape index (κ3) is 5.45. The minimum Gasteiger partial charge on any atom is -0.478 e. The molecule has 5 nitrogen and oxygen atoms in total. The predicted octanol–water partition coefficient (Wildman–Crippen LogP) is 1.99. The highest BCUT2D eigenvalue weighted by Gasteiger charge is 2.36. The van der Waals surface area contributed by atoms with E-state index in [4.69, 9.17) is 18.4 Å². The second-order valence-electron chi connectivity index (χ2n) is 3.65. The fourth-order valence-corrected chi connectivity index (χ4v) is 2.99. The summed E-state index contributed by atoms with van der Waals surface area (Å²) in [4.78, 5) is 11.1. The summed E-state index contributed by atoms with van der Waals surface area (Å²) in [5, 5.41) is 9.11. The van der Waals surface area contributed by atoms with E-state index in [9.17, 15) is 4.79 Å². The van der Waals surface area contributed by atoms with Crippen LogP contribution in [0.25, 0.3) is 0 Å². The molecule has 0 saturated carbocycles. The number of carboxylic acid groups (broad SMARTS) is 1. The van der Waals surface area contributed by atoms with E-state index in [0.29, 0.717) is 12.0 Å². The zero-order valence-electron chi connectivity index (χ0n) is 11.0. The van der Waals surface area contributed by atoms with Crippen LogP contribution < -0.4 is 0 Å². The van der Waals surface area contributed by atoms with E-state index in [2.05, 4.69) is 6.92 Å². The maximum absolute atomic E-state index is 11.1. The summed E-state index contributed by atoms with van der Waals surface area (Å²) in [6.45, 7) is 2.07. The molecule has 0 aliphatic carbocycles. The summed E-state index contributed by atoms with van der Waals surface area (Å²) in [6, 6.07) is 0. The molecule has 0 aliphatic heterocycles. The van der Waals surface area contributed by atoms with Gasteiger partial charge in [-0.1, -0.05) is 19.8 Å². The first-order valence-electron chi connectivity index (χ1n) is 5.65. The highest BCUT2D eigenvalue weighted by molar-refractivity contribution is 6.66. The molecular weight excluding hydrogens is 240 g/mol. The fraction of sp³-hybridized carbons (Fsp3) is 0.727. The van der Waals surface area contributed by atoms with Gasteiger partial charge in [0, 0.05) is 26.9 Å². The Bertz CT molecular complexity index is 252. The normalized spacial score (nSPS) is 12.8. The summed E-state index contributed by atoms with van der Waals surface area (Å²) < 4.78 is 15.5. The standard InChI is InChI=1S/C11H22O5Si/c1-5-6-7-8-10(11(12)13)9-17(14-2,15-3)16-4/h9H,5-8H2,1-4H3,(H,12,13). The molecule has 0 atom stereocenters. The van der Waals surface area contributed by atoms with Crippen molar-refractivity contribution < 1.29 is 23.2 Å². The van der Waals surface area contributed by atoms with E-state index in [0.717, 1.165) is 19.3 Å². The van der Waals surface area contributed by atoms with E-state index in [1.807, 2.05) is 0 Å². The van der Waals surface area contributed by atoms with Gasteiger partial charge in [-0.25, -0.2) is 4.79 Å². The Hall–Kier alpha value is -0.693. The number of hydrogen-bond acceptors (Lipinski definition) is 4. The van der Waals surface area contributed by atoms with Gasteiger partial charge in [-0.05, 0) is 18.5 Å². The van der Waals surface area contributed by atoms with Gasteiger partial charge in [-0.2, -0.15) is 0 Å². The largest absolute Gasteiger partial charge is 0.529 e. The molecule has 0 unspecified atom stereocenters. The first-order valence-corrected chi connectivity index (χ1v) is 7.45. The summed E-state index contributed by atoms with van der Waals surface area (Å²) >= 11 is 0. The zero-order valence-corrected chi connectivity index (χ0v) is 12.0. The van der Waals surface area contributed by atoms with Gasteiger partial charge >= 0.3 is 14.8 Å². The molecule has 0 aliphatic rings. The SMILES string of the molecule is CCCCCC(=C[Si](OC)(OC)OC)C(=O)O. The first-order chi connectivity index (χ1) is 8.05. The highest BCUT2D eigenvalue weighted by Crippen LogP contribution is 2.16. The van der Waals surface area contributed by atoms with Crippen molar-refractivity contribution in [3.8, 4) is 0 Å². The van der Waals surface area contributed by atoms with Gasteiger partial charge in [-0.15, -0.1) is 0 Å². The summed E-state index contributed by atoms with van der Waals surface area (Å²) in [6.07, 6.45) is 3.41. The topological polar surface area (TPSA) is 65.0 Å². The summed E-state index contributed by atoms with van der Waals surface area (Å²) in [7, 11) is 1.43. The number of hydrogen-bond donors (Lipinski definition) is 1. The monoisotopic (exact) mass is 262 g/mol. The molecule has 0 amide bonds. The molecule has 0 aromatic heterocycles. The van der Waals surface area contributed by atoms with Crippen molar-refractivity contribution in [3.05, 3.63) is 11.3 Å². The molecule has 0 spiro atoms. The third-order valence-corrected chi connectivity index (χ3v) is 4.94. The Labute approximate surface area is 104 Å². The molecule has 6 heteroatoms. The maximum Gasteiger partial charge on any atom is 0.529 e. The summed E-state index contributed by atoms with van der Waals surface area (Å²) in [5.74, 6) is -0.941. The Morgan fingerprint density at radius 2 is 1.71 bits per heavy atom. The molecule has 0 radical (unpaired) electrons. The van der Waals surface area contributed by atoms with Crippen molar-refractivity contribution in [3.63, 3.8) is 0 Å². The lowest BCUT2D eigenvalue weighted by atomic mass is 10.1. The quantitative estimate of drug-likeness (QED) is 0.391. The van der Waals surface area contributed by atoms with Crippen LogP contribution in [0.5, 0.6) is 0 Å². The lowest BCUT2D eigenvalue weighted by molar-refractivity contribution is -0.132. The van der Waals surface area contributed by atoms with E-state index in [-0.39, 0.29) is 0 Å². The molecule has 0 heterocycles. The lowest BCUT2D eigenvalue weighted by Gasteiger charge is -2.21. The van der Waals surface area contributed by atoms with Crippen LogP contribution in [0.4, 0.5) is 0 Å². The van der Waals surface area contributed by atoms with Crippen LogP contribution in [0.1, 0.15) is 32.6 Å². The van der Waals surface area contributed by atoms with Gasteiger partial charge in [0.15, 0.2) is 0 Å². The van der Waals surface area contributed by atoms with Crippen LogP contribution in [0, 0.1) is 0 Å². The van der Waals surface area contributed by atoms with Crippen LogP contribution in [-0.4, -0.2) is 41.2 Å². The predicted molar refractivity (Wildman–Crippen MR) is 66.6 cm³/mol. The second kappa shape index (κ2) is 8.41.